The highest BCUT2D eigenvalue weighted by Gasteiger charge is 2.02. The molecule has 0 aromatic heterocycles. The van der Waals surface area contributed by atoms with Crippen LogP contribution in [0.5, 0.6) is 5.75 Å². The van der Waals surface area contributed by atoms with Gasteiger partial charge < -0.3 is 10.1 Å². The normalized spacial score (nSPS) is 15.1. The third-order valence-electron chi connectivity index (χ3n) is 3.57. The van der Waals surface area contributed by atoms with E-state index >= 15 is 0 Å². The van der Waals surface area contributed by atoms with Gasteiger partial charge in [-0.3, -0.25) is 0 Å². The van der Waals surface area contributed by atoms with Crippen molar-refractivity contribution in [2.45, 2.75) is 45.6 Å². The molecule has 0 saturated carbocycles. The minimum atomic E-state index is 0.729. The van der Waals surface area contributed by atoms with Crippen molar-refractivity contribution in [1.29, 1.82) is 0 Å². The molecule has 0 bridgehead atoms. The van der Waals surface area contributed by atoms with Gasteiger partial charge >= 0.3 is 0 Å². The number of ether oxygens (including phenoxy) is 1. The first-order chi connectivity index (χ1) is 9.38. The Morgan fingerprint density at radius 3 is 2.68 bits per heavy atom. The number of allylic oxidation sites excluding steroid dienone is 1. The standard InChI is InChI=1S/C17H25NO/c1-2-19-17-10-8-16(9-11-17)14-18-13-12-15-6-4-3-5-7-15/h6,8-11,18H,2-5,7,12-14H2,1H3. The molecular formula is C17H25NO. The van der Waals surface area contributed by atoms with E-state index < -0.39 is 0 Å². The maximum absolute atomic E-state index is 5.44. The molecule has 2 nitrogen and oxygen atoms in total. The van der Waals surface area contributed by atoms with Gasteiger partial charge in [-0.05, 0) is 63.3 Å². The van der Waals surface area contributed by atoms with Gasteiger partial charge in [0, 0.05) is 6.54 Å². The predicted octanol–water partition coefficient (Wildman–Crippen LogP) is 4.07. The molecule has 19 heavy (non-hydrogen) atoms. The molecule has 1 aliphatic rings. The summed E-state index contributed by atoms with van der Waals surface area (Å²) in [5.41, 5.74) is 2.96. The minimum Gasteiger partial charge on any atom is -0.494 e. The summed E-state index contributed by atoms with van der Waals surface area (Å²) in [6, 6.07) is 8.37. The summed E-state index contributed by atoms with van der Waals surface area (Å²) >= 11 is 0. The van der Waals surface area contributed by atoms with Crippen molar-refractivity contribution in [2.24, 2.45) is 0 Å². The molecule has 0 spiro atoms. The highest BCUT2D eigenvalue weighted by Crippen LogP contribution is 2.19. The maximum Gasteiger partial charge on any atom is 0.119 e. The van der Waals surface area contributed by atoms with Gasteiger partial charge in [-0.15, -0.1) is 0 Å². The van der Waals surface area contributed by atoms with E-state index in [1.54, 1.807) is 5.57 Å². The topological polar surface area (TPSA) is 21.3 Å². The van der Waals surface area contributed by atoms with Crippen LogP contribution in [0.1, 0.15) is 44.6 Å². The monoisotopic (exact) mass is 259 g/mol. The average Bonchev–Trinajstić information content (AvgIpc) is 2.47. The van der Waals surface area contributed by atoms with E-state index in [1.165, 1.54) is 37.7 Å². The van der Waals surface area contributed by atoms with E-state index in [1.807, 2.05) is 19.1 Å². The Balaban J connectivity index is 1.66. The van der Waals surface area contributed by atoms with Crippen LogP contribution in [0.3, 0.4) is 0 Å². The minimum absolute atomic E-state index is 0.729. The zero-order valence-corrected chi connectivity index (χ0v) is 12.0. The van der Waals surface area contributed by atoms with Gasteiger partial charge in [0.25, 0.3) is 0 Å². The third kappa shape index (κ3) is 5.07. The molecule has 0 amide bonds. The van der Waals surface area contributed by atoms with Crippen molar-refractivity contribution >= 4 is 0 Å². The summed E-state index contributed by atoms with van der Waals surface area (Å²) in [6.07, 6.45) is 8.99. The fourth-order valence-corrected chi connectivity index (χ4v) is 2.48. The molecule has 0 atom stereocenters. The fraction of sp³-hybridized carbons (Fsp3) is 0.529. The molecule has 1 aromatic carbocycles. The van der Waals surface area contributed by atoms with E-state index in [-0.39, 0.29) is 0 Å². The molecule has 0 fully saturated rings. The lowest BCUT2D eigenvalue weighted by atomic mass is 9.97. The van der Waals surface area contributed by atoms with Crippen molar-refractivity contribution in [2.75, 3.05) is 13.2 Å². The smallest absolute Gasteiger partial charge is 0.119 e. The summed E-state index contributed by atoms with van der Waals surface area (Å²) < 4.78 is 5.44. The summed E-state index contributed by atoms with van der Waals surface area (Å²) in [4.78, 5) is 0. The van der Waals surface area contributed by atoms with E-state index in [9.17, 15) is 0 Å². The third-order valence-corrected chi connectivity index (χ3v) is 3.57. The number of hydrogen-bond acceptors (Lipinski definition) is 2. The molecule has 0 heterocycles. The number of rotatable bonds is 7. The second-order valence-corrected chi connectivity index (χ2v) is 5.11. The first-order valence-electron chi connectivity index (χ1n) is 7.49. The van der Waals surface area contributed by atoms with E-state index in [4.69, 9.17) is 4.74 Å². The zero-order chi connectivity index (χ0) is 13.3. The average molecular weight is 259 g/mol. The van der Waals surface area contributed by atoms with Crippen LogP contribution in [0.2, 0.25) is 0 Å². The maximum atomic E-state index is 5.44. The van der Waals surface area contributed by atoms with Crippen LogP contribution in [0.4, 0.5) is 0 Å². The van der Waals surface area contributed by atoms with Gasteiger partial charge in [-0.25, -0.2) is 0 Å². The van der Waals surface area contributed by atoms with Gasteiger partial charge in [0.1, 0.15) is 5.75 Å². The van der Waals surface area contributed by atoms with Gasteiger partial charge in [0.05, 0.1) is 6.61 Å². The van der Waals surface area contributed by atoms with Crippen LogP contribution in [-0.2, 0) is 6.54 Å². The summed E-state index contributed by atoms with van der Waals surface area (Å²) in [5, 5.41) is 3.52. The summed E-state index contributed by atoms with van der Waals surface area (Å²) in [7, 11) is 0. The van der Waals surface area contributed by atoms with Gasteiger partial charge in [0.2, 0.25) is 0 Å². The van der Waals surface area contributed by atoms with Crippen molar-refractivity contribution in [3.05, 3.63) is 41.5 Å². The quantitative estimate of drug-likeness (QED) is 0.589. The molecule has 104 valence electrons. The van der Waals surface area contributed by atoms with Crippen molar-refractivity contribution in [3.8, 4) is 5.75 Å². The van der Waals surface area contributed by atoms with Crippen LogP contribution < -0.4 is 10.1 Å². The van der Waals surface area contributed by atoms with E-state index in [2.05, 4.69) is 23.5 Å². The van der Waals surface area contributed by atoms with Crippen LogP contribution >= 0.6 is 0 Å². The van der Waals surface area contributed by atoms with Crippen LogP contribution in [0.25, 0.3) is 0 Å². The van der Waals surface area contributed by atoms with Crippen LogP contribution in [0.15, 0.2) is 35.9 Å². The molecule has 2 heteroatoms. The Kier molecular flexibility index (Phi) is 5.96. The van der Waals surface area contributed by atoms with Gasteiger partial charge in [-0.1, -0.05) is 23.8 Å². The van der Waals surface area contributed by atoms with E-state index in [0.717, 1.165) is 25.4 Å². The molecular weight excluding hydrogens is 234 g/mol. The van der Waals surface area contributed by atoms with Gasteiger partial charge in [0.15, 0.2) is 0 Å². The highest BCUT2D eigenvalue weighted by molar-refractivity contribution is 5.27. The lowest BCUT2D eigenvalue weighted by Crippen LogP contribution is -2.15. The molecule has 0 unspecified atom stereocenters. The molecule has 1 aliphatic carbocycles. The van der Waals surface area contributed by atoms with Crippen LogP contribution in [-0.4, -0.2) is 13.2 Å². The van der Waals surface area contributed by atoms with Crippen LogP contribution in [0, 0.1) is 0 Å². The Morgan fingerprint density at radius 1 is 1.16 bits per heavy atom. The first-order valence-corrected chi connectivity index (χ1v) is 7.49. The summed E-state index contributed by atoms with van der Waals surface area (Å²) in [6.45, 7) is 4.76. The van der Waals surface area contributed by atoms with Crippen molar-refractivity contribution < 1.29 is 4.74 Å². The number of hydrogen-bond donors (Lipinski definition) is 1. The second kappa shape index (κ2) is 8.00. The lowest BCUT2D eigenvalue weighted by molar-refractivity contribution is 0.340. The Hall–Kier alpha value is -1.28. The molecule has 1 N–H and O–H groups in total. The Morgan fingerprint density at radius 2 is 2.00 bits per heavy atom. The molecule has 0 aliphatic heterocycles. The van der Waals surface area contributed by atoms with Gasteiger partial charge in [-0.2, -0.15) is 0 Å². The van der Waals surface area contributed by atoms with Crippen molar-refractivity contribution in [1.82, 2.24) is 5.32 Å². The fourth-order valence-electron chi connectivity index (χ4n) is 2.48. The molecule has 0 radical (unpaired) electrons. The Bertz CT molecular complexity index is 394. The molecule has 2 rings (SSSR count). The van der Waals surface area contributed by atoms with E-state index in [0.29, 0.717) is 0 Å². The largest absolute Gasteiger partial charge is 0.494 e. The van der Waals surface area contributed by atoms with Crippen molar-refractivity contribution in [3.63, 3.8) is 0 Å². The number of nitrogens with one attached hydrogen (secondary N) is 1. The second-order valence-electron chi connectivity index (χ2n) is 5.11. The number of benzene rings is 1. The SMILES string of the molecule is CCOc1ccc(CNCCC2=CCCCC2)cc1. The predicted molar refractivity (Wildman–Crippen MR) is 80.5 cm³/mol. The summed E-state index contributed by atoms with van der Waals surface area (Å²) in [5.74, 6) is 0.957. The highest BCUT2D eigenvalue weighted by atomic mass is 16.5. The Labute approximate surface area is 116 Å². The zero-order valence-electron chi connectivity index (χ0n) is 12.0. The first kappa shape index (κ1) is 14.1. The molecule has 1 aromatic rings. The lowest BCUT2D eigenvalue weighted by Gasteiger charge is -2.13. The molecule has 0 saturated heterocycles.